The van der Waals surface area contributed by atoms with E-state index in [9.17, 15) is 4.79 Å². The van der Waals surface area contributed by atoms with E-state index in [-0.39, 0.29) is 17.7 Å². The van der Waals surface area contributed by atoms with E-state index in [1.165, 1.54) is 0 Å². The number of hydrogen-bond donors (Lipinski definition) is 3. The first-order valence-electron chi connectivity index (χ1n) is 6.28. The number of amides is 1. The Hall–Kier alpha value is -1.55. The van der Waals surface area contributed by atoms with E-state index in [1.54, 1.807) is 24.3 Å². The second-order valence-corrected chi connectivity index (χ2v) is 4.97. The first kappa shape index (κ1) is 14.5. The Kier molecular flexibility index (Phi) is 5.65. The van der Waals surface area contributed by atoms with Crippen molar-refractivity contribution >= 4 is 5.91 Å². The molecule has 1 rings (SSSR count). The van der Waals surface area contributed by atoms with Crippen LogP contribution in [-0.2, 0) is 11.2 Å². The van der Waals surface area contributed by atoms with E-state index in [0.717, 1.165) is 12.0 Å². The van der Waals surface area contributed by atoms with Gasteiger partial charge in [0, 0.05) is 12.6 Å². The summed E-state index contributed by atoms with van der Waals surface area (Å²) in [5.41, 5.74) is 6.52. The number of benzene rings is 1. The topological polar surface area (TPSA) is 75.3 Å². The molecular formula is C14H22N2O2. The highest BCUT2D eigenvalue weighted by atomic mass is 16.3. The van der Waals surface area contributed by atoms with E-state index in [2.05, 4.69) is 19.2 Å². The summed E-state index contributed by atoms with van der Waals surface area (Å²) in [6, 6.07) is 6.69. The van der Waals surface area contributed by atoms with Gasteiger partial charge in [0.05, 0.1) is 6.42 Å². The number of phenols is 1. The molecule has 4 nitrogen and oxygen atoms in total. The summed E-state index contributed by atoms with van der Waals surface area (Å²) < 4.78 is 0. The average Bonchev–Trinajstić information content (AvgIpc) is 2.30. The highest BCUT2D eigenvalue weighted by molar-refractivity contribution is 5.78. The first-order chi connectivity index (χ1) is 8.51. The molecular weight excluding hydrogens is 228 g/mol. The summed E-state index contributed by atoms with van der Waals surface area (Å²) in [4.78, 5) is 11.8. The summed E-state index contributed by atoms with van der Waals surface area (Å²) in [6.45, 7) is 4.67. The Bertz CT molecular complexity index is 374. The molecule has 0 aliphatic rings. The van der Waals surface area contributed by atoms with Gasteiger partial charge in [-0.1, -0.05) is 26.0 Å². The molecule has 4 N–H and O–H groups in total. The lowest BCUT2D eigenvalue weighted by Crippen LogP contribution is -2.41. The van der Waals surface area contributed by atoms with Crippen molar-refractivity contribution in [2.45, 2.75) is 32.7 Å². The number of nitrogens with one attached hydrogen (secondary N) is 1. The lowest BCUT2D eigenvalue weighted by Gasteiger charge is -2.18. The number of aromatic hydroxyl groups is 1. The minimum atomic E-state index is -0.0308. The molecule has 0 spiro atoms. The fraction of sp³-hybridized carbons (Fsp3) is 0.500. The molecule has 0 bridgehead atoms. The van der Waals surface area contributed by atoms with Crippen LogP contribution in [0, 0.1) is 5.92 Å². The minimum Gasteiger partial charge on any atom is -0.508 e. The van der Waals surface area contributed by atoms with Crippen LogP contribution in [0.1, 0.15) is 25.8 Å². The van der Waals surface area contributed by atoms with Gasteiger partial charge in [-0.15, -0.1) is 0 Å². The van der Waals surface area contributed by atoms with Crippen LogP contribution in [0.3, 0.4) is 0 Å². The standard InChI is InChI=1S/C14H22N2O2/c1-10(2)7-12(9-15)16-14(18)8-11-3-5-13(17)6-4-11/h3-6,10,12,17H,7-9,15H2,1-2H3,(H,16,18). The van der Waals surface area contributed by atoms with Crippen molar-refractivity contribution < 1.29 is 9.90 Å². The Labute approximate surface area is 108 Å². The molecule has 1 atom stereocenters. The van der Waals surface area contributed by atoms with Crippen molar-refractivity contribution in [1.29, 1.82) is 0 Å². The van der Waals surface area contributed by atoms with E-state index in [1.807, 2.05) is 0 Å². The van der Waals surface area contributed by atoms with Crippen LogP contribution in [0.2, 0.25) is 0 Å². The van der Waals surface area contributed by atoms with Crippen LogP contribution in [0.15, 0.2) is 24.3 Å². The fourth-order valence-corrected chi connectivity index (χ4v) is 1.86. The van der Waals surface area contributed by atoms with Gasteiger partial charge >= 0.3 is 0 Å². The zero-order valence-electron chi connectivity index (χ0n) is 11.0. The molecule has 1 aromatic carbocycles. The lowest BCUT2D eigenvalue weighted by molar-refractivity contribution is -0.121. The van der Waals surface area contributed by atoms with Gasteiger partial charge in [-0.3, -0.25) is 4.79 Å². The van der Waals surface area contributed by atoms with Gasteiger partial charge in [0.1, 0.15) is 5.75 Å². The third-order valence-electron chi connectivity index (χ3n) is 2.71. The molecule has 4 heteroatoms. The van der Waals surface area contributed by atoms with E-state index >= 15 is 0 Å². The predicted molar refractivity (Wildman–Crippen MR) is 72.3 cm³/mol. The van der Waals surface area contributed by atoms with Crippen LogP contribution in [0.4, 0.5) is 0 Å². The highest BCUT2D eigenvalue weighted by Gasteiger charge is 2.12. The molecule has 0 aromatic heterocycles. The minimum absolute atomic E-state index is 0.0308. The number of carbonyl (C=O) groups excluding carboxylic acids is 1. The summed E-state index contributed by atoms with van der Waals surface area (Å²) >= 11 is 0. The SMILES string of the molecule is CC(C)CC(CN)NC(=O)Cc1ccc(O)cc1. The molecule has 1 unspecified atom stereocenters. The number of phenolic OH excluding ortho intramolecular Hbond substituents is 1. The first-order valence-corrected chi connectivity index (χ1v) is 6.28. The zero-order chi connectivity index (χ0) is 13.5. The predicted octanol–water partition coefficient (Wildman–Crippen LogP) is 1.42. The number of hydrogen-bond acceptors (Lipinski definition) is 3. The van der Waals surface area contributed by atoms with Crippen LogP contribution < -0.4 is 11.1 Å². The van der Waals surface area contributed by atoms with E-state index < -0.39 is 0 Å². The molecule has 0 fully saturated rings. The Morgan fingerprint density at radius 1 is 1.33 bits per heavy atom. The molecule has 1 amide bonds. The summed E-state index contributed by atoms with van der Waals surface area (Å²) in [7, 11) is 0. The number of rotatable bonds is 6. The van der Waals surface area contributed by atoms with Crippen molar-refractivity contribution in [1.82, 2.24) is 5.32 Å². The smallest absolute Gasteiger partial charge is 0.224 e. The van der Waals surface area contributed by atoms with Gasteiger partial charge in [-0.05, 0) is 30.0 Å². The zero-order valence-corrected chi connectivity index (χ0v) is 11.0. The third-order valence-corrected chi connectivity index (χ3v) is 2.71. The quantitative estimate of drug-likeness (QED) is 0.715. The van der Waals surface area contributed by atoms with Gasteiger partial charge in [0.25, 0.3) is 0 Å². The van der Waals surface area contributed by atoms with Crippen LogP contribution >= 0.6 is 0 Å². The van der Waals surface area contributed by atoms with Crippen LogP contribution in [0.5, 0.6) is 5.75 Å². The van der Waals surface area contributed by atoms with Crippen LogP contribution in [-0.4, -0.2) is 23.6 Å². The summed E-state index contributed by atoms with van der Waals surface area (Å²) in [5, 5.41) is 12.1. The second kappa shape index (κ2) is 7.01. The maximum atomic E-state index is 11.8. The third kappa shape index (κ3) is 5.19. The van der Waals surface area contributed by atoms with Crippen LogP contribution in [0.25, 0.3) is 0 Å². The van der Waals surface area contributed by atoms with Gasteiger partial charge in [0.2, 0.25) is 5.91 Å². The molecule has 0 saturated heterocycles. The molecule has 18 heavy (non-hydrogen) atoms. The molecule has 0 heterocycles. The lowest BCUT2D eigenvalue weighted by atomic mass is 10.0. The van der Waals surface area contributed by atoms with Gasteiger partial charge in [0.15, 0.2) is 0 Å². The van der Waals surface area contributed by atoms with Gasteiger partial charge in [-0.25, -0.2) is 0 Å². The maximum Gasteiger partial charge on any atom is 0.224 e. The Morgan fingerprint density at radius 2 is 1.94 bits per heavy atom. The largest absolute Gasteiger partial charge is 0.508 e. The van der Waals surface area contributed by atoms with Crippen molar-refractivity contribution in [2.24, 2.45) is 11.7 Å². The normalized spacial score (nSPS) is 12.4. The van der Waals surface area contributed by atoms with Gasteiger partial charge < -0.3 is 16.2 Å². The molecule has 0 aliphatic heterocycles. The fourth-order valence-electron chi connectivity index (χ4n) is 1.86. The van der Waals surface area contributed by atoms with Gasteiger partial charge in [-0.2, -0.15) is 0 Å². The summed E-state index contributed by atoms with van der Waals surface area (Å²) in [5.74, 6) is 0.683. The van der Waals surface area contributed by atoms with E-state index in [4.69, 9.17) is 10.8 Å². The molecule has 100 valence electrons. The average molecular weight is 250 g/mol. The molecule has 0 saturated carbocycles. The second-order valence-electron chi connectivity index (χ2n) is 4.97. The van der Waals surface area contributed by atoms with Crippen molar-refractivity contribution in [3.05, 3.63) is 29.8 Å². The maximum absolute atomic E-state index is 11.8. The van der Waals surface area contributed by atoms with Crippen molar-refractivity contribution in [3.63, 3.8) is 0 Å². The summed E-state index contributed by atoms with van der Waals surface area (Å²) in [6.07, 6.45) is 1.20. The number of nitrogens with two attached hydrogens (primary N) is 1. The Balaban J connectivity index is 2.47. The Morgan fingerprint density at radius 3 is 2.44 bits per heavy atom. The van der Waals surface area contributed by atoms with Crippen molar-refractivity contribution in [2.75, 3.05) is 6.54 Å². The molecule has 0 aliphatic carbocycles. The van der Waals surface area contributed by atoms with Crippen molar-refractivity contribution in [3.8, 4) is 5.75 Å². The monoisotopic (exact) mass is 250 g/mol. The highest BCUT2D eigenvalue weighted by Crippen LogP contribution is 2.10. The molecule has 0 radical (unpaired) electrons. The number of carbonyl (C=O) groups is 1. The molecule has 1 aromatic rings. The van der Waals surface area contributed by atoms with E-state index in [0.29, 0.717) is 18.9 Å².